The molecule has 0 atom stereocenters. The van der Waals surface area contributed by atoms with E-state index in [4.69, 9.17) is 4.74 Å². The largest absolute Gasteiger partial charge is 0.454 e. The molecular formula is C21H25NO5S. The molecule has 0 saturated heterocycles. The number of nitrogens with zero attached hydrogens (tertiary/aromatic N) is 1. The minimum atomic E-state index is -3.68. The van der Waals surface area contributed by atoms with Crippen LogP contribution in [0, 0.1) is 13.8 Å². The number of esters is 1. The molecule has 2 rings (SSSR count). The summed E-state index contributed by atoms with van der Waals surface area (Å²) in [5.41, 5.74) is 2.60. The second-order valence-corrected chi connectivity index (χ2v) is 8.35. The highest BCUT2D eigenvalue weighted by molar-refractivity contribution is 7.89. The molecule has 0 bridgehead atoms. The molecule has 0 radical (unpaired) electrons. The lowest BCUT2D eigenvalue weighted by Crippen LogP contribution is -2.30. The molecule has 0 spiro atoms. The molecular weight excluding hydrogens is 378 g/mol. The molecule has 0 aliphatic carbocycles. The molecule has 0 fully saturated rings. The maximum absolute atomic E-state index is 12.6. The Bertz CT molecular complexity index is 978. The van der Waals surface area contributed by atoms with E-state index in [0.29, 0.717) is 18.7 Å². The van der Waals surface area contributed by atoms with Crippen LogP contribution < -0.4 is 0 Å². The first-order valence-electron chi connectivity index (χ1n) is 9.08. The summed E-state index contributed by atoms with van der Waals surface area (Å²) in [4.78, 5) is 24.6. The Morgan fingerprint density at radius 3 is 2.21 bits per heavy atom. The van der Waals surface area contributed by atoms with Crippen molar-refractivity contribution in [1.82, 2.24) is 4.31 Å². The van der Waals surface area contributed by atoms with Crippen molar-refractivity contribution in [3.05, 3.63) is 64.7 Å². The number of hydrogen-bond donors (Lipinski definition) is 0. The average Bonchev–Trinajstić information content (AvgIpc) is 2.68. The maximum Gasteiger partial charge on any atom is 0.338 e. The van der Waals surface area contributed by atoms with Gasteiger partial charge in [0.15, 0.2) is 12.4 Å². The quantitative estimate of drug-likeness (QED) is 0.499. The van der Waals surface area contributed by atoms with Crippen molar-refractivity contribution >= 4 is 21.8 Å². The SMILES string of the molecule is CCN(CC)S(=O)(=O)c1cccc(C(=O)OCC(=O)c2ccc(C)c(C)c2)c1. The molecule has 6 nitrogen and oxygen atoms in total. The van der Waals surface area contributed by atoms with Crippen LogP contribution in [0.4, 0.5) is 0 Å². The third-order valence-corrected chi connectivity index (χ3v) is 6.62. The molecule has 28 heavy (non-hydrogen) atoms. The standard InChI is InChI=1S/C21H25NO5S/c1-5-22(6-2)28(25,26)19-9-7-8-18(13-19)21(24)27-14-20(23)17-11-10-15(3)16(4)12-17/h7-13H,5-6,14H2,1-4H3. The lowest BCUT2D eigenvalue weighted by molar-refractivity contribution is 0.0474. The second kappa shape index (κ2) is 9.12. The number of carbonyl (C=O) groups is 2. The Labute approximate surface area is 166 Å². The maximum atomic E-state index is 12.6. The van der Waals surface area contributed by atoms with Crippen LogP contribution in [0.5, 0.6) is 0 Å². The van der Waals surface area contributed by atoms with Crippen LogP contribution in [0.2, 0.25) is 0 Å². The zero-order valence-corrected chi connectivity index (χ0v) is 17.4. The second-order valence-electron chi connectivity index (χ2n) is 6.42. The summed E-state index contributed by atoms with van der Waals surface area (Å²) in [6.07, 6.45) is 0. The Morgan fingerprint density at radius 1 is 0.929 bits per heavy atom. The number of aryl methyl sites for hydroxylation is 2. The summed E-state index contributed by atoms with van der Waals surface area (Å²) < 4.78 is 31.6. The van der Waals surface area contributed by atoms with Crippen LogP contribution in [-0.2, 0) is 14.8 Å². The van der Waals surface area contributed by atoms with E-state index in [1.807, 2.05) is 19.9 Å². The normalized spacial score (nSPS) is 11.5. The summed E-state index contributed by atoms with van der Waals surface area (Å²) in [6.45, 7) is 7.60. The summed E-state index contributed by atoms with van der Waals surface area (Å²) in [5.74, 6) is -1.06. The van der Waals surface area contributed by atoms with Crippen LogP contribution in [0.25, 0.3) is 0 Å². The fourth-order valence-corrected chi connectivity index (χ4v) is 4.21. The van der Waals surface area contributed by atoms with E-state index in [-0.39, 0.29) is 16.2 Å². The van der Waals surface area contributed by atoms with Crippen molar-refractivity contribution in [2.75, 3.05) is 19.7 Å². The molecule has 0 aliphatic rings. The summed E-state index contributed by atoms with van der Waals surface area (Å²) in [5, 5.41) is 0. The highest BCUT2D eigenvalue weighted by Crippen LogP contribution is 2.18. The van der Waals surface area contributed by atoms with Gasteiger partial charge in [0.1, 0.15) is 0 Å². The number of rotatable bonds is 8. The monoisotopic (exact) mass is 403 g/mol. The molecule has 0 amide bonds. The van der Waals surface area contributed by atoms with Gasteiger partial charge in [0.25, 0.3) is 0 Å². The molecule has 0 heterocycles. The van der Waals surface area contributed by atoms with Crippen molar-refractivity contribution in [3.63, 3.8) is 0 Å². The molecule has 2 aromatic carbocycles. The van der Waals surface area contributed by atoms with Gasteiger partial charge in [-0.1, -0.05) is 32.0 Å². The first kappa shape index (κ1) is 21.8. The van der Waals surface area contributed by atoms with Gasteiger partial charge in [0.05, 0.1) is 10.5 Å². The van der Waals surface area contributed by atoms with Gasteiger partial charge in [-0.3, -0.25) is 4.79 Å². The Balaban J connectivity index is 2.13. The number of Topliss-reactive ketones (excluding diaryl/α,β-unsaturated/α-hetero) is 1. The van der Waals surface area contributed by atoms with E-state index in [0.717, 1.165) is 11.1 Å². The summed E-state index contributed by atoms with van der Waals surface area (Å²) >= 11 is 0. The third-order valence-electron chi connectivity index (χ3n) is 4.58. The number of benzene rings is 2. The van der Waals surface area contributed by atoms with Crippen LogP contribution in [-0.4, -0.2) is 44.2 Å². The van der Waals surface area contributed by atoms with Crippen LogP contribution >= 0.6 is 0 Å². The molecule has 7 heteroatoms. The first-order valence-corrected chi connectivity index (χ1v) is 10.5. The Kier molecular flexibility index (Phi) is 7.10. The van der Waals surface area contributed by atoms with Crippen molar-refractivity contribution in [3.8, 4) is 0 Å². The van der Waals surface area contributed by atoms with Gasteiger partial charge in [-0.25, -0.2) is 13.2 Å². The fraction of sp³-hybridized carbons (Fsp3) is 0.333. The van der Waals surface area contributed by atoms with Crippen molar-refractivity contribution in [2.24, 2.45) is 0 Å². The summed E-state index contributed by atoms with van der Waals surface area (Å²) in [7, 11) is -3.68. The average molecular weight is 404 g/mol. The highest BCUT2D eigenvalue weighted by atomic mass is 32.2. The molecule has 150 valence electrons. The first-order chi connectivity index (χ1) is 13.2. The minimum absolute atomic E-state index is 0.0196. The van der Waals surface area contributed by atoms with Gasteiger partial charge in [-0.15, -0.1) is 0 Å². The van der Waals surface area contributed by atoms with Gasteiger partial charge < -0.3 is 4.74 Å². The predicted molar refractivity (Wildman–Crippen MR) is 107 cm³/mol. The van der Waals surface area contributed by atoms with Crippen molar-refractivity contribution in [1.29, 1.82) is 0 Å². The lowest BCUT2D eigenvalue weighted by atomic mass is 10.0. The molecule has 0 aromatic heterocycles. The van der Waals surface area contributed by atoms with Crippen LogP contribution in [0.1, 0.15) is 45.7 Å². The van der Waals surface area contributed by atoms with E-state index in [2.05, 4.69) is 0 Å². The van der Waals surface area contributed by atoms with Crippen LogP contribution in [0.15, 0.2) is 47.4 Å². The number of sulfonamides is 1. The number of hydrogen-bond acceptors (Lipinski definition) is 5. The molecule has 0 unspecified atom stereocenters. The fourth-order valence-electron chi connectivity index (χ4n) is 2.71. The molecule has 0 N–H and O–H groups in total. The summed E-state index contributed by atoms with van der Waals surface area (Å²) in [6, 6.07) is 10.9. The lowest BCUT2D eigenvalue weighted by Gasteiger charge is -2.18. The van der Waals surface area contributed by atoms with Gasteiger partial charge in [0.2, 0.25) is 10.0 Å². The van der Waals surface area contributed by atoms with Crippen molar-refractivity contribution < 1.29 is 22.7 Å². The predicted octanol–water partition coefficient (Wildman–Crippen LogP) is 3.37. The van der Waals surface area contributed by atoms with E-state index in [1.54, 1.807) is 26.0 Å². The van der Waals surface area contributed by atoms with E-state index in [9.17, 15) is 18.0 Å². The zero-order chi connectivity index (χ0) is 20.9. The Morgan fingerprint density at radius 2 is 1.61 bits per heavy atom. The minimum Gasteiger partial charge on any atom is -0.454 e. The Hall–Kier alpha value is -2.51. The number of ether oxygens (including phenoxy) is 1. The van der Waals surface area contributed by atoms with Gasteiger partial charge >= 0.3 is 5.97 Å². The molecule has 0 aliphatic heterocycles. The van der Waals surface area contributed by atoms with Crippen LogP contribution in [0.3, 0.4) is 0 Å². The van der Waals surface area contributed by atoms with Gasteiger partial charge in [-0.05, 0) is 49.2 Å². The van der Waals surface area contributed by atoms with Gasteiger partial charge in [0, 0.05) is 18.7 Å². The molecule has 2 aromatic rings. The van der Waals surface area contributed by atoms with Gasteiger partial charge in [-0.2, -0.15) is 4.31 Å². The zero-order valence-electron chi connectivity index (χ0n) is 16.6. The highest BCUT2D eigenvalue weighted by Gasteiger charge is 2.23. The topological polar surface area (TPSA) is 80.8 Å². The smallest absolute Gasteiger partial charge is 0.338 e. The van der Waals surface area contributed by atoms with E-state index < -0.39 is 22.6 Å². The van der Waals surface area contributed by atoms with E-state index in [1.165, 1.54) is 28.6 Å². The number of carbonyl (C=O) groups excluding carboxylic acids is 2. The molecule has 0 saturated carbocycles. The third kappa shape index (κ3) is 4.85. The van der Waals surface area contributed by atoms with Crippen molar-refractivity contribution in [2.45, 2.75) is 32.6 Å². The van der Waals surface area contributed by atoms with E-state index >= 15 is 0 Å². The number of ketones is 1.